The second-order valence-electron chi connectivity index (χ2n) is 5.40. The first-order valence-corrected chi connectivity index (χ1v) is 7.71. The topological polar surface area (TPSA) is 62.4 Å². The predicted molar refractivity (Wildman–Crippen MR) is 84.5 cm³/mol. The molecule has 0 radical (unpaired) electrons. The van der Waals surface area contributed by atoms with Gasteiger partial charge in [-0.25, -0.2) is 0 Å². The van der Waals surface area contributed by atoms with Crippen LogP contribution in [0.1, 0.15) is 43.4 Å². The molecule has 1 saturated carbocycles. The molecule has 0 amide bonds. The largest absolute Gasteiger partial charge is 0.395 e. The zero-order valence-corrected chi connectivity index (χ0v) is 12.6. The quantitative estimate of drug-likeness (QED) is 0.784. The van der Waals surface area contributed by atoms with Gasteiger partial charge in [0.1, 0.15) is 4.99 Å². The van der Waals surface area contributed by atoms with Crippen LogP contribution in [0.3, 0.4) is 0 Å². The molecule has 20 heavy (non-hydrogen) atoms. The van der Waals surface area contributed by atoms with E-state index in [1.165, 1.54) is 32.1 Å². The number of aromatic nitrogens is 1. The third kappa shape index (κ3) is 4.23. The number of nitrogens with two attached hydrogens (primary N) is 1. The Morgan fingerprint density at radius 2 is 2.15 bits per heavy atom. The van der Waals surface area contributed by atoms with Gasteiger partial charge < -0.3 is 10.8 Å². The van der Waals surface area contributed by atoms with Crippen LogP contribution in [-0.4, -0.2) is 39.2 Å². The van der Waals surface area contributed by atoms with E-state index >= 15 is 0 Å². The van der Waals surface area contributed by atoms with Crippen LogP contribution in [0.25, 0.3) is 0 Å². The van der Waals surface area contributed by atoms with E-state index in [-0.39, 0.29) is 6.61 Å². The smallest absolute Gasteiger partial charge is 0.122 e. The summed E-state index contributed by atoms with van der Waals surface area (Å²) >= 11 is 4.97. The van der Waals surface area contributed by atoms with E-state index in [0.717, 1.165) is 18.7 Å². The number of pyridine rings is 1. The Hall–Kier alpha value is -1.04. The molecule has 0 saturated heterocycles. The van der Waals surface area contributed by atoms with Gasteiger partial charge in [0.15, 0.2) is 0 Å². The van der Waals surface area contributed by atoms with Crippen molar-refractivity contribution in [2.75, 3.05) is 13.2 Å². The van der Waals surface area contributed by atoms with E-state index in [1.807, 2.05) is 12.1 Å². The van der Waals surface area contributed by atoms with Crippen molar-refractivity contribution in [1.82, 2.24) is 9.88 Å². The van der Waals surface area contributed by atoms with Gasteiger partial charge in [0, 0.05) is 25.3 Å². The highest BCUT2D eigenvalue weighted by atomic mass is 32.1. The SMILES string of the molecule is NC(=S)c1cc(CN(CCO)C2CCCCC2)ccn1. The Labute approximate surface area is 126 Å². The maximum Gasteiger partial charge on any atom is 0.122 e. The zero-order valence-electron chi connectivity index (χ0n) is 11.8. The molecule has 5 heteroatoms. The van der Waals surface area contributed by atoms with Gasteiger partial charge in [-0.2, -0.15) is 0 Å². The summed E-state index contributed by atoms with van der Waals surface area (Å²) in [5, 5.41) is 9.29. The van der Waals surface area contributed by atoms with Crippen LogP contribution in [0.4, 0.5) is 0 Å². The van der Waals surface area contributed by atoms with Crippen molar-refractivity contribution in [2.45, 2.75) is 44.7 Å². The average Bonchev–Trinajstić information content (AvgIpc) is 2.48. The lowest BCUT2D eigenvalue weighted by Gasteiger charge is -2.34. The standard InChI is InChI=1S/C15H23N3OS/c16-15(20)14-10-12(6-7-17-14)11-18(8-9-19)13-4-2-1-3-5-13/h6-7,10,13,19H,1-5,8-9,11H2,(H2,16,20). The molecule has 0 atom stereocenters. The van der Waals surface area contributed by atoms with E-state index in [2.05, 4.69) is 9.88 Å². The number of thiocarbonyl (C=S) groups is 1. The third-order valence-electron chi connectivity index (χ3n) is 3.94. The van der Waals surface area contributed by atoms with E-state index in [4.69, 9.17) is 18.0 Å². The minimum atomic E-state index is 0.198. The van der Waals surface area contributed by atoms with Gasteiger partial charge in [-0.05, 0) is 30.5 Å². The molecule has 2 rings (SSSR count). The maximum atomic E-state index is 9.29. The molecule has 0 aliphatic heterocycles. The first-order valence-electron chi connectivity index (χ1n) is 7.30. The number of nitrogens with zero attached hydrogens (tertiary/aromatic N) is 2. The van der Waals surface area contributed by atoms with E-state index < -0.39 is 0 Å². The van der Waals surface area contributed by atoms with Crippen LogP contribution >= 0.6 is 12.2 Å². The summed E-state index contributed by atoms with van der Waals surface area (Å²) in [6.07, 6.45) is 8.13. The molecule has 0 bridgehead atoms. The van der Waals surface area contributed by atoms with Crippen molar-refractivity contribution in [1.29, 1.82) is 0 Å². The van der Waals surface area contributed by atoms with Crippen LogP contribution in [0.5, 0.6) is 0 Å². The van der Waals surface area contributed by atoms with Crippen molar-refractivity contribution in [3.63, 3.8) is 0 Å². The Kier molecular flexibility index (Phi) is 5.88. The predicted octanol–water partition coefficient (Wildman–Crippen LogP) is 1.84. The molecule has 1 aliphatic carbocycles. The van der Waals surface area contributed by atoms with Gasteiger partial charge in [0.05, 0.1) is 12.3 Å². The van der Waals surface area contributed by atoms with E-state index in [9.17, 15) is 5.11 Å². The molecule has 0 aromatic carbocycles. The average molecular weight is 293 g/mol. The Morgan fingerprint density at radius 3 is 2.80 bits per heavy atom. The minimum Gasteiger partial charge on any atom is -0.395 e. The molecule has 0 unspecified atom stereocenters. The van der Waals surface area contributed by atoms with Crippen molar-refractivity contribution >= 4 is 17.2 Å². The van der Waals surface area contributed by atoms with Gasteiger partial charge in [0.2, 0.25) is 0 Å². The number of rotatable bonds is 6. The van der Waals surface area contributed by atoms with Gasteiger partial charge in [-0.1, -0.05) is 31.5 Å². The summed E-state index contributed by atoms with van der Waals surface area (Å²) in [6.45, 7) is 1.74. The summed E-state index contributed by atoms with van der Waals surface area (Å²) in [5.74, 6) is 0. The van der Waals surface area contributed by atoms with Crippen molar-refractivity contribution < 1.29 is 5.11 Å². The fourth-order valence-electron chi connectivity index (χ4n) is 2.91. The highest BCUT2D eigenvalue weighted by molar-refractivity contribution is 7.80. The lowest BCUT2D eigenvalue weighted by Crippen LogP contribution is -2.38. The molecule has 0 spiro atoms. The summed E-state index contributed by atoms with van der Waals surface area (Å²) < 4.78 is 0. The Bertz CT molecular complexity index is 446. The molecule has 1 heterocycles. The van der Waals surface area contributed by atoms with Crippen LogP contribution in [0, 0.1) is 0 Å². The van der Waals surface area contributed by atoms with Crippen LogP contribution in [0.15, 0.2) is 18.3 Å². The second kappa shape index (κ2) is 7.67. The fraction of sp³-hybridized carbons (Fsp3) is 0.600. The zero-order chi connectivity index (χ0) is 14.4. The summed E-state index contributed by atoms with van der Waals surface area (Å²) in [7, 11) is 0. The summed E-state index contributed by atoms with van der Waals surface area (Å²) in [5.41, 5.74) is 7.46. The molecule has 1 aromatic heterocycles. The lowest BCUT2D eigenvalue weighted by molar-refractivity contribution is 0.117. The molecule has 4 nitrogen and oxygen atoms in total. The Morgan fingerprint density at radius 1 is 1.40 bits per heavy atom. The van der Waals surface area contributed by atoms with Crippen LogP contribution in [-0.2, 0) is 6.54 Å². The first kappa shape index (κ1) is 15.4. The first-order chi connectivity index (χ1) is 9.70. The lowest BCUT2D eigenvalue weighted by atomic mass is 9.94. The van der Waals surface area contributed by atoms with Crippen LogP contribution < -0.4 is 5.73 Å². The number of hydrogen-bond acceptors (Lipinski definition) is 4. The second-order valence-corrected chi connectivity index (χ2v) is 5.84. The van der Waals surface area contributed by atoms with E-state index in [0.29, 0.717) is 16.7 Å². The maximum absolute atomic E-state index is 9.29. The summed E-state index contributed by atoms with van der Waals surface area (Å²) in [4.78, 5) is 6.88. The van der Waals surface area contributed by atoms with Crippen molar-refractivity contribution in [2.24, 2.45) is 5.73 Å². The highest BCUT2D eigenvalue weighted by Crippen LogP contribution is 2.23. The molecule has 110 valence electrons. The Balaban J connectivity index is 2.06. The fourth-order valence-corrected chi connectivity index (χ4v) is 3.02. The molecule has 1 aliphatic rings. The van der Waals surface area contributed by atoms with Gasteiger partial charge in [-0.15, -0.1) is 0 Å². The van der Waals surface area contributed by atoms with Crippen molar-refractivity contribution in [3.8, 4) is 0 Å². The van der Waals surface area contributed by atoms with Gasteiger partial charge in [-0.3, -0.25) is 9.88 Å². The molecule has 3 N–H and O–H groups in total. The summed E-state index contributed by atoms with van der Waals surface area (Å²) in [6, 6.07) is 4.53. The third-order valence-corrected chi connectivity index (χ3v) is 4.15. The van der Waals surface area contributed by atoms with Gasteiger partial charge >= 0.3 is 0 Å². The highest BCUT2D eigenvalue weighted by Gasteiger charge is 2.20. The molecular formula is C15H23N3OS. The van der Waals surface area contributed by atoms with Crippen LogP contribution in [0.2, 0.25) is 0 Å². The van der Waals surface area contributed by atoms with Gasteiger partial charge in [0.25, 0.3) is 0 Å². The molecule has 1 aromatic rings. The monoisotopic (exact) mass is 293 g/mol. The van der Waals surface area contributed by atoms with E-state index in [1.54, 1.807) is 6.20 Å². The molecular weight excluding hydrogens is 270 g/mol. The molecule has 1 fully saturated rings. The normalized spacial score (nSPS) is 16.5. The number of aliphatic hydroxyl groups excluding tert-OH is 1. The number of aliphatic hydroxyl groups is 1. The number of hydrogen-bond donors (Lipinski definition) is 2. The van der Waals surface area contributed by atoms with Crippen molar-refractivity contribution in [3.05, 3.63) is 29.6 Å². The minimum absolute atomic E-state index is 0.198.